The quantitative estimate of drug-likeness (QED) is 0.393. The van der Waals surface area contributed by atoms with Crippen molar-refractivity contribution in [3.8, 4) is 0 Å². The highest BCUT2D eigenvalue weighted by molar-refractivity contribution is 5.77. The van der Waals surface area contributed by atoms with Crippen LogP contribution >= 0.6 is 0 Å². The topological polar surface area (TPSA) is 32.8 Å². The summed E-state index contributed by atoms with van der Waals surface area (Å²) in [6.45, 7) is 1.50. The van der Waals surface area contributed by atoms with Crippen LogP contribution < -0.4 is 0 Å². The Balaban J connectivity index is 1.93. The summed E-state index contributed by atoms with van der Waals surface area (Å²) >= 11 is 0. The first-order valence-electron chi connectivity index (χ1n) is 11.7. The normalized spacial score (nSPS) is 21.4. The molecule has 2 aromatic carbocycles. The van der Waals surface area contributed by atoms with Crippen molar-refractivity contribution in [1.82, 2.24) is 9.80 Å². The van der Waals surface area contributed by atoms with E-state index in [0.29, 0.717) is 30.5 Å². The molecule has 1 aliphatic carbocycles. The Morgan fingerprint density at radius 2 is 1.49 bits per heavy atom. The molecule has 0 bridgehead atoms. The lowest BCUT2D eigenvalue weighted by Gasteiger charge is -2.33. The lowest BCUT2D eigenvalue weighted by atomic mass is 9.91. The highest BCUT2D eigenvalue weighted by atomic mass is 19.4. The maximum Gasteiger partial charge on any atom is 0.416 e. The molecule has 37 heavy (non-hydrogen) atoms. The number of hydrogen-bond donors (Lipinski definition) is 0. The third kappa shape index (κ3) is 7.01. The number of ether oxygens (including phenoxy) is 1. The minimum Gasteiger partial charge on any atom is -0.370 e. The largest absolute Gasteiger partial charge is 0.416 e. The third-order valence-electron chi connectivity index (χ3n) is 6.72. The van der Waals surface area contributed by atoms with Crippen molar-refractivity contribution in [2.24, 2.45) is 0 Å². The van der Waals surface area contributed by atoms with Gasteiger partial charge in [-0.25, -0.2) is 4.39 Å². The average Bonchev–Trinajstić information content (AvgIpc) is 3.21. The lowest BCUT2D eigenvalue weighted by Crippen LogP contribution is -2.42. The summed E-state index contributed by atoms with van der Waals surface area (Å²) in [6.07, 6.45) is -10.6. The number of hydrogen-bond acceptors (Lipinski definition) is 3. The van der Waals surface area contributed by atoms with E-state index >= 15 is 0 Å². The molecular weight excluding hydrogens is 505 g/mol. The molecule has 204 valence electrons. The minimum atomic E-state index is -4.97. The summed E-state index contributed by atoms with van der Waals surface area (Å²) < 4.78 is 99.8. The average molecular weight is 535 g/mol. The Hall–Kier alpha value is -2.66. The van der Waals surface area contributed by atoms with Crippen molar-refractivity contribution in [2.45, 2.75) is 56.3 Å². The van der Waals surface area contributed by atoms with Gasteiger partial charge in [0.05, 0.1) is 29.9 Å². The molecule has 1 saturated carbocycles. The number of carbonyl (C=O) groups excluding carboxylic acids is 1. The van der Waals surface area contributed by atoms with Gasteiger partial charge in [-0.2, -0.15) is 26.3 Å². The predicted molar refractivity (Wildman–Crippen MR) is 123 cm³/mol. The van der Waals surface area contributed by atoms with Crippen LogP contribution in [0.4, 0.5) is 30.7 Å². The summed E-state index contributed by atoms with van der Waals surface area (Å²) in [5.41, 5.74) is -2.37. The first kappa shape index (κ1) is 28.9. The third-order valence-corrected chi connectivity index (χ3v) is 6.72. The zero-order valence-corrected chi connectivity index (χ0v) is 20.8. The number of amides is 1. The zero-order chi connectivity index (χ0) is 27.7. The Morgan fingerprint density at radius 3 is 1.97 bits per heavy atom. The van der Waals surface area contributed by atoms with Gasteiger partial charge in [0.25, 0.3) is 0 Å². The Kier molecular flexibility index (Phi) is 8.58. The monoisotopic (exact) mass is 534 g/mol. The number of rotatable bonds is 7. The maximum atomic E-state index is 13.6. The van der Waals surface area contributed by atoms with Gasteiger partial charge in [0, 0.05) is 26.1 Å². The fraction of sp³-hybridized carbons (Fsp3) is 0.500. The Bertz CT molecular complexity index is 1050. The van der Waals surface area contributed by atoms with Gasteiger partial charge in [0.1, 0.15) is 5.82 Å². The molecule has 4 atom stereocenters. The molecule has 1 amide bonds. The molecule has 2 aromatic rings. The second kappa shape index (κ2) is 11.0. The molecular formula is C26H29F7N2O2. The molecule has 0 spiro atoms. The molecule has 1 fully saturated rings. The molecule has 0 heterocycles. The minimum absolute atomic E-state index is 0.0832. The van der Waals surface area contributed by atoms with Crippen molar-refractivity contribution < 1.29 is 40.3 Å². The van der Waals surface area contributed by atoms with E-state index in [9.17, 15) is 35.5 Å². The van der Waals surface area contributed by atoms with E-state index in [1.807, 2.05) is 4.90 Å². The highest BCUT2D eigenvalue weighted by Gasteiger charge is 2.42. The molecule has 4 nitrogen and oxygen atoms in total. The molecule has 1 aliphatic rings. The van der Waals surface area contributed by atoms with Crippen LogP contribution in [0.25, 0.3) is 0 Å². The second-order valence-corrected chi connectivity index (χ2v) is 9.58. The molecule has 0 N–H and O–H groups in total. The van der Waals surface area contributed by atoms with Gasteiger partial charge in [-0.05, 0) is 68.3 Å². The molecule has 0 saturated heterocycles. The van der Waals surface area contributed by atoms with E-state index in [-0.39, 0.29) is 30.1 Å². The van der Waals surface area contributed by atoms with E-state index in [4.69, 9.17) is 4.74 Å². The Labute approximate surface area is 211 Å². The van der Waals surface area contributed by atoms with Crippen molar-refractivity contribution in [3.63, 3.8) is 0 Å². The van der Waals surface area contributed by atoms with Crippen LogP contribution in [0.3, 0.4) is 0 Å². The molecule has 0 radical (unpaired) electrons. The van der Waals surface area contributed by atoms with E-state index in [1.165, 1.54) is 24.0 Å². The smallest absolute Gasteiger partial charge is 0.370 e. The maximum absolute atomic E-state index is 13.6. The van der Waals surface area contributed by atoms with Gasteiger partial charge in [-0.15, -0.1) is 0 Å². The van der Waals surface area contributed by atoms with Crippen molar-refractivity contribution >= 4 is 5.91 Å². The number of nitrogens with zero attached hydrogens (tertiary/aromatic N) is 2. The van der Waals surface area contributed by atoms with Gasteiger partial charge >= 0.3 is 12.4 Å². The highest BCUT2D eigenvalue weighted by Crippen LogP contribution is 2.43. The standard InChI is InChI=1S/C26H29F7N2O2/c1-15(17-11-18(25(28,29)30)13-19(12-17)26(31,32)33)37-22-10-9-21(35(4)14-23(36)34(2)3)24(22)16-5-7-20(27)8-6-16/h5-8,11-13,15,21-22,24H,9-10,14H2,1-4H3/t15-,21?,22?,24?/m0/s1. The number of benzene rings is 2. The lowest BCUT2D eigenvalue weighted by molar-refractivity contribution is -0.143. The molecule has 0 aromatic heterocycles. The SMILES string of the molecule is C[C@H](OC1CCC(N(C)CC(=O)N(C)C)C1c1ccc(F)cc1)c1cc(C(F)(F)F)cc(C(F)(F)F)c1. The number of halogens is 7. The first-order chi connectivity index (χ1) is 17.1. The molecule has 11 heteroatoms. The van der Waals surface area contributed by atoms with E-state index < -0.39 is 47.4 Å². The van der Waals surface area contributed by atoms with Crippen LogP contribution in [-0.2, 0) is 21.9 Å². The Morgan fingerprint density at radius 1 is 0.946 bits per heavy atom. The number of carbonyl (C=O) groups is 1. The number of alkyl halides is 6. The van der Waals surface area contributed by atoms with E-state index in [0.717, 1.165) is 0 Å². The second-order valence-electron chi connectivity index (χ2n) is 9.58. The van der Waals surface area contributed by atoms with Crippen molar-refractivity contribution in [3.05, 3.63) is 70.5 Å². The fourth-order valence-electron chi connectivity index (χ4n) is 4.74. The summed E-state index contributed by atoms with van der Waals surface area (Å²) in [6, 6.07) is 6.90. The van der Waals surface area contributed by atoms with E-state index in [1.54, 1.807) is 33.3 Å². The van der Waals surface area contributed by atoms with Crippen molar-refractivity contribution in [1.29, 1.82) is 0 Å². The predicted octanol–water partition coefficient (Wildman–Crippen LogP) is 6.28. The van der Waals surface area contributed by atoms with E-state index in [2.05, 4.69) is 0 Å². The summed E-state index contributed by atoms with van der Waals surface area (Å²) in [7, 11) is 5.01. The zero-order valence-electron chi connectivity index (χ0n) is 20.8. The van der Waals surface area contributed by atoms with Crippen LogP contribution in [0.2, 0.25) is 0 Å². The molecule has 0 aliphatic heterocycles. The molecule has 3 unspecified atom stereocenters. The summed E-state index contributed by atoms with van der Waals surface area (Å²) in [5.74, 6) is -0.985. The van der Waals surface area contributed by atoms with Gasteiger partial charge in [0.2, 0.25) is 5.91 Å². The summed E-state index contributed by atoms with van der Waals surface area (Å²) in [4.78, 5) is 15.6. The van der Waals surface area contributed by atoms with Gasteiger partial charge in [-0.1, -0.05) is 12.1 Å². The molecule has 3 rings (SSSR count). The van der Waals surface area contributed by atoms with Gasteiger partial charge in [0.15, 0.2) is 0 Å². The van der Waals surface area contributed by atoms with Crippen LogP contribution in [-0.4, -0.2) is 55.5 Å². The van der Waals surface area contributed by atoms with Crippen LogP contribution in [0.5, 0.6) is 0 Å². The summed E-state index contributed by atoms with van der Waals surface area (Å²) in [5, 5.41) is 0. The van der Waals surface area contributed by atoms with Crippen LogP contribution in [0.1, 0.15) is 54.0 Å². The van der Waals surface area contributed by atoms with Gasteiger partial charge < -0.3 is 9.64 Å². The van der Waals surface area contributed by atoms with Crippen molar-refractivity contribution in [2.75, 3.05) is 27.7 Å². The first-order valence-corrected chi connectivity index (χ1v) is 11.7. The van der Waals surface area contributed by atoms with Crippen LogP contribution in [0.15, 0.2) is 42.5 Å². The number of likely N-dealkylation sites (N-methyl/N-ethyl adjacent to an activating group) is 2. The fourth-order valence-corrected chi connectivity index (χ4v) is 4.74. The van der Waals surface area contributed by atoms with Gasteiger partial charge in [-0.3, -0.25) is 9.69 Å². The van der Waals surface area contributed by atoms with Crippen LogP contribution in [0, 0.1) is 5.82 Å².